The molecule has 0 saturated heterocycles. The lowest BCUT2D eigenvalue weighted by molar-refractivity contribution is 0.0261. The van der Waals surface area contributed by atoms with Crippen LogP contribution in [-0.2, 0) is 6.54 Å². The number of nitrogens with one attached hydrogen (secondary N) is 1. The number of aliphatic hydroxyl groups excluding tert-OH is 1. The second-order valence-electron chi connectivity index (χ2n) is 5.53. The van der Waals surface area contributed by atoms with Gasteiger partial charge in [-0.1, -0.05) is 12.8 Å². The second kappa shape index (κ2) is 6.39. The van der Waals surface area contributed by atoms with E-state index in [9.17, 15) is 9.90 Å². The molecule has 1 saturated carbocycles. The van der Waals surface area contributed by atoms with E-state index in [1.54, 1.807) is 0 Å². The molecule has 6 heteroatoms. The Hall–Kier alpha value is -1.37. The summed E-state index contributed by atoms with van der Waals surface area (Å²) in [5.74, 6) is 5.65. The van der Waals surface area contributed by atoms with Crippen LogP contribution in [-0.4, -0.2) is 35.1 Å². The molecule has 6 nitrogen and oxygen atoms in total. The van der Waals surface area contributed by atoms with Crippen molar-refractivity contribution in [3.8, 4) is 0 Å². The van der Waals surface area contributed by atoms with Crippen LogP contribution < -0.4 is 11.3 Å². The van der Waals surface area contributed by atoms with E-state index in [0.29, 0.717) is 12.3 Å². The average Bonchev–Trinajstić information content (AvgIpc) is 2.79. The van der Waals surface area contributed by atoms with Crippen LogP contribution >= 0.6 is 0 Å². The van der Waals surface area contributed by atoms with Crippen LogP contribution in [0.5, 0.6) is 0 Å². The van der Waals surface area contributed by atoms with Crippen molar-refractivity contribution in [2.24, 2.45) is 5.84 Å². The number of aliphatic hydroxyl groups is 1. The maximum Gasteiger partial charge on any atom is 0.301 e. The molecule has 20 heavy (non-hydrogen) atoms. The third-order valence-corrected chi connectivity index (χ3v) is 3.97. The van der Waals surface area contributed by atoms with Gasteiger partial charge in [-0.3, -0.25) is 15.1 Å². The van der Waals surface area contributed by atoms with Crippen molar-refractivity contribution in [3.05, 3.63) is 23.2 Å². The van der Waals surface area contributed by atoms with E-state index in [-0.39, 0.29) is 17.9 Å². The van der Waals surface area contributed by atoms with Gasteiger partial charge in [-0.25, -0.2) is 5.84 Å². The number of rotatable bonds is 4. The van der Waals surface area contributed by atoms with Crippen LogP contribution in [0.25, 0.3) is 0 Å². The summed E-state index contributed by atoms with van der Waals surface area (Å²) in [6.45, 7) is 2.38. The van der Waals surface area contributed by atoms with E-state index in [4.69, 9.17) is 10.3 Å². The van der Waals surface area contributed by atoms with Crippen molar-refractivity contribution in [1.29, 1.82) is 0 Å². The first-order chi connectivity index (χ1) is 9.52. The lowest BCUT2D eigenvalue weighted by atomic mass is 9.91. The van der Waals surface area contributed by atoms with E-state index in [2.05, 4.69) is 10.3 Å². The highest BCUT2D eigenvalue weighted by molar-refractivity contribution is 5.92. The Bertz CT molecular complexity index is 472. The number of nitrogens with zero attached hydrogens (tertiary/aromatic N) is 1. The summed E-state index contributed by atoms with van der Waals surface area (Å²) < 4.78 is 5.55. The van der Waals surface area contributed by atoms with Crippen LogP contribution in [0.1, 0.15) is 47.6 Å². The normalized spacial score (nSPS) is 23.1. The summed E-state index contributed by atoms with van der Waals surface area (Å²) in [4.78, 5) is 13.6. The third-order valence-electron chi connectivity index (χ3n) is 3.97. The minimum atomic E-state index is -0.422. The maximum absolute atomic E-state index is 11.5. The summed E-state index contributed by atoms with van der Waals surface area (Å²) in [7, 11) is 1.97. The van der Waals surface area contributed by atoms with Gasteiger partial charge in [-0.15, -0.1) is 0 Å². The molecular formula is C14H23N3O3. The Balaban J connectivity index is 2.04. The van der Waals surface area contributed by atoms with Gasteiger partial charge in [0.25, 0.3) is 0 Å². The smallest absolute Gasteiger partial charge is 0.301 e. The molecule has 1 fully saturated rings. The fourth-order valence-electron chi connectivity index (χ4n) is 2.89. The van der Waals surface area contributed by atoms with E-state index < -0.39 is 5.91 Å². The number of nitrogens with two attached hydrogens (primary N) is 1. The van der Waals surface area contributed by atoms with Crippen LogP contribution in [0.4, 0.5) is 0 Å². The third kappa shape index (κ3) is 3.20. The highest BCUT2D eigenvalue weighted by Crippen LogP contribution is 2.24. The molecule has 2 unspecified atom stereocenters. The maximum atomic E-state index is 11.5. The average molecular weight is 281 g/mol. The minimum Gasteiger partial charge on any atom is -0.454 e. The summed E-state index contributed by atoms with van der Waals surface area (Å²) in [5.41, 5.74) is 2.84. The number of furan rings is 1. The van der Waals surface area contributed by atoms with Crippen LogP contribution in [0, 0.1) is 6.92 Å². The number of carbonyl (C=O) groups is 1. The first kappa shape index (κ1) is 15.0. The molecule has 1 aliphatic carbocycles. The predicted molar refractivity (Wildman–Crippen MR) is 74.8 cm³/mol. The Kier molecular flexibility index (Phi) is 4.80. The van der Waals surface area contributed by atoms with Crippen LogP contribution in [0.15, 0.2) is 10.5 Å². The van der Waals surface area contributed by atoms with Gasteiger partial charge in [0, 0.05) is 11.6 Å². The number of hydrazine groups is 1. The van der Waals surface area contributed by atoms with Gasteiger partial charge in [-0.05, 0) is 32.9 Å². The zero-order valence-electron chi connectivity index (χ0n) is 12.1. The Labute approximate surface area is 118 Å². The standard InChI is InChI=1S/C14H23N3O3/c1-9-7-10(20-13(9)14(19)16-15)8-17(2)11-5-3-4-6-12(11)18/h7,11-12,18H,3-6,8,15H2,1-2H3,(H,16,19). The lowest BCUT2D eigenvalue weighted by Crippen LogP contribution is -2.42. The molecule has 4 N–H and O–H groups in total. The van der Waals surface area contributed by atoms with Gasteiger partial charge in [0.15, 0.2) is 5.76 Å². The van der Waals surface area contributed by atoms with Crippen molar-refractivity contribution in [2.45, 2.75) is 51.3 Å². The molecule has 1 heterocycles. The van der Waals surface area contributed by atoms with Crippen LogP contribution in [0.3, 0.4) is 0 Å². The number of hydrogen-bond acceptors (Lipinski definition) is 5. The highest BCUT2D eigenvalue weighted by atomic mass is 16.4. The molecule has 0 radical (unpaired) electrons. The van der Waals surface area contributed by atoms with Crippen LogP contribution in [0.2, 0.25) is 0 Å². The molecule has 0 bridgehead atoms. The van der Waals surface area contributed by atoms with Crippen molar-refractivity contribution >= 4 is 5.91 Å². The van der Waals surface area contributed by atoms with Gasteiger partial charge < -0.3 is 9.52 Å². The number of likely N-dealkylation sites (N-methyl/N-ethyl adjacent to an activating group) is 1. The first-order valence-electron chi connectivity index (χ1n) is 7.01. The van der Waals surface area contributed by atoms with Gasteiger partial charge in [0.2, 0.25) is 0 Å². The molecular weight excluding hydrogens is 258 g/mol. The Morgan fingerprint density at radius 1 is 1.55 bits per heavy atom. The Morgan fingerprint density at radius 2 is 2.25 bits per heavy atom. The number of hydrogen-bond donors (Lipinski definition) is 3. The molecule has 1 aliphatic rings. The zero-order chi connectivity index (χ0) is 14.7. The van der Waals surface area contributed by atoms with E-state index in [1.807, 2.05) is 20.0 Å². The zero-order valence-corrected chi connectivity index (χ0v) is 12.1. The SMILES string of the molecule is Cc1cc(CN(C)C2CCCCC2O)oc1C(=O)NN. The van der Waals surface area contributed by atoms with Crippen molar-refractivity contribution in [1.82, 2.24) is 10.3 Å². The van der Waals surface area contributed by atoms with Crippen molar-refractivity contribution in [2.75, 3.05) is 7.05 Å². The highest BCUT2D eigenvalue weighted by Gasteiger charge is 2.27. The number of nitrogen functional groups attached to an aromatic ring is 1. The van der Waals surface area contributed by atoms with E-state index in [0.717, 1.165) is 31.2 Å². The topological polar surface area (TPSA) is 91.7 Å². The molecule has 1 aromatic rings. The van der Waals surface area contributed by atoms with E-state index in [1.165, 1.54) is 0 Å². The quantitative estimate of drug-likeness (QED) is 0.434. The molecule has 0 spiro atoms. The summed E-state index contributed by atoms with van der Waals surface area (Å²) >= 11 is 0. The molecule has 112 valence electrons. The fraction of sp³-hybridized carbons (Fsp3) is 0.643. The van der Waals surface area contributed by atoms with Gasteiger partial charge in [0.05, 0.1) is 12.6 Å². The fourth-order valence-corrected chi connectivity index (χ4v) is 2.89. The number of amides is 1. The second-order valence-corrected chi connectivity index (χ2v) is 5.53. The van der Waals surface area contributed by atoms with E-state index >= 15 is 0 Å². The summed E-state index contributed by atoms with van der Waals surface area (Å²) in [5, 5.41) is 10.1. The summed E-state index contributed by atoms with van der Waals surface area (Å²) in [6.07, 6.45) is 3.80. The van der Waals surface area contributed by atoms with Gasteiger partial charge in [0.1, 0.15) is 5.76 Å². The Morgan fingerprint density at radius 3 is 2.90 bits per heavy atom. The number of aryl methyl sites for hydroxylation is 1. The molecule has 2 rings (SSSR count). The lowest BCUT2D eigenvalue weighted by Gasteiger charge is -2.34. The van der Waals surface area contributed by atoms with Gasteiger partial charge >= 0.3 is 5.91 Å². The van der Waals surface area contributed by atoms with Crippen molar-refractivity contribution in [3.63, 3.8) is 0 Å². The molecule has 1 amide bonds. The largest absolute Gasteiger partial charge is 0.454 e. The molecule has 0 aromatic carbocycles. The number of carbonyl (C=O) groups excluding carboxylic acids is 1. The van der Waals surface area contributed by atoms with Gasteiger partial charge in [-0.2, -0.15) is 0 Å². The predicted octanol–water partition coefficient (Wildman–Crippen LogP) is 0.927. The molecule has 0 aliphatic heterocycles. The molecule has 1 aromatic heterocycles. The summed E-state index contributed by atoms with van der Waals surface area (Å²) in [6, 6.07) is 2.00. The first-order valence-corrected chi connectivity index (χ1v) is 7.01. The minimum absolute atomic E-state index is 0.154. The molecule has 2 atom stereocenters. The monoisotopic (exact) mass is 281 g/mol. The van der Waals surface area contributed by atoms with Crippen molar-refractivity contribution < 1.29 is 14.3 Å².